The quantitative estimate of drug-likeness (QED) is 0.684. The highest BCUT2D eigenvalue weighted by molar-refractivity contribution is 5.89. The number of fused-ring (bicyclic) bond motifs is 1. The van der Waals surface area contributed by atoms with Gasteiger partial charge in [0.05, 0.1) is 11.3 Å². The number of imidazole rings is 1. The van der Waals surface area contributed by atoms with Gasteiger partial charge in [-0.15, -0.1) is 0 Å². The first-order valence-corrected chi connectivity index (χ1v) is 6.39. The first-order valence-electron chi connectivity index (χ1n) is 6.39. The van der Waals surface area contributed by atoms with E-state index in [1.807, 2.05) is 54.0 Å². The van der Waals surface area contributed by atoms with E-state index in [1.165, 1.54) is 0 Å². The molecule has 3 rings (SSSR count). The Bertz CT molecular complexity index is 748. The van der Waals surface area contributed by atoms with Crippen molar-refractivity contribution in [2.45, 2.75) is 13.5 Å². The summed E-state index contributed by atoms with van der Waals surface area (Å²) >= 11 is 0. The molecule has 0 N–H and O–H groups in total. The summed E-state index contributed by atoms with van der Waals surface area (Å²) < 4.78 is 7.19. The van der Waals surface area contributed by atoms with E-state index in [9.17, 15) is 4.79 Å². The molecule has 0 amide bonds. The van der Waals surface area contributed by atoms with Gasteiger partial charge in [-0.2, -0.15) is 0 Å². The monoisotopic (exact) mass is 266 g/mol. The van der Waals surface area contributed by atoms with Crippen molar-refractivity contribution in [1.29, 1.82) is 0 Å². The third kappa shape index (κ3) is 2.54. The fourth-order valence-corrected chi connectivity index (χ4v) is 2.02. The Morgan fingerprint density at radius 2 is 1.95 bits per heavy atom. The van der Waals surface area contributed by atoms with Gasteiger partial charge >= 0.3 is 5.97 Å². The number of carbonyl (C=O) groups excluding carboxylic acids is 1. The number of aryl methyl sites for hydroxylation is 1. The van der Waals surface area contributed by atoms with Gasteiger partial charge in [-0.1, -0.05) is 24.3 Å². The predicted octanol–water partition coefficient (Wildman–Crippen LogP) is 3.00. The number of nitrogens with zero attached hydrogens (tertiary/aromatic N) is 2. The molecule has 4 heteroatoms. The fraction of sp³-hybridized carbons (Fsp3) is 0.125. The van der Waals surface area contributed by atoms with Gasteiger partial charge in [-0.3, -0.25) is 0 Å². The van der Waals surface area contributed by atoms with Crippen LogP contribution in [0.4, 0.5) is 0 Å². The summed E-state index contributed by atoms with van der Waals surface area (Å²) in [5.41, 5.74) is 3.29. The summed E-state index contributed by atoms with van der Waals surface area (Å²) in [6, 6.07) is 12.9. The van der Waals surface area contributed by atoms with Crippen molar-refractivity contribution in [3.8, 4) is 0 Å². The number of carbonyl (C=O) groups is 1. The summed E-state index contributed by atoms with van der Waals surface area (Å²) in [5, 5.41) is 0. The Morgan fingerprint density at radius 1 is 1.15 bits per heavy atom. The van der Waals surface area contributed by atoms with Crippen molar-refractivity contribution in [3.63, 3.8) is 0 Å². The maximum Gasteiger partial charge on any atom is 0.338 e. The maximum atomic E-state index is 11.8. The van der Waals surface area contributed by atoms with Crippen LogP contribution in [0.25, 0.3) is 5.65 Å². The highest BCUT2D eigenvalue weighted by Gasteiger charge is 2.08. The normalized spacial score (nSPS) is 10.7. The Kier molecular flexibility index (Phi) is 3.21. The van der Waals surface area contributed by atoms with Crippen molar-refractivity contribution >= 4 is 11.6 Å². The molecule has 0 aliphatic rings. The second-order valence-electron chi connectivity index (χ2n) is 4.65. The van der Waals surface area contributed by atoms with Crippen LogP contribution in [-0.4, -0.2) is 15.4 Å². The highest BCUT2D eigenvalue weighted by Crippen LogP contribution is 2.09. The average Bonchev–Trinajstić information content (AvgIpc) is 2.87. The number of esters is 1. The molecule has 1 aromatic carbocycles. The van der Waals surface area contributed by atoms with E-state index in [1.54, 1.807) is 12.1 Å². The first kappa shape index (κ1) is 12.4. The third-order valence-corrected chi connectivity index (χ3v) is 3.01. The minimum atomic E-state index is -0.334. The minimum absolute atomic E-state index is 0.175. The number of hydrogen-bond donors (Lipinski definition) is 0. The van der Waals surface area contributed by atoms with Gasteiger partial charge in [0.1, 0.15) is 12.3 Å². The lowest BCUT2D eigenvalue weighted by Gasteiger charge is -2.01. The van der Waals surface area contributed by atoms with Crippen LogP contribution in [0.15, 0.2) is 54.9 Å². The van der Waals surface area contributed by atoms with E-state index in [-0.39, 0.29) is 12.6 Å². The van der Waals surface area contributed by atoms with Crippen LogP contribution in [0.3, 0.4) is 0 Å². The number of ether oxygens (including phenoxy) is 1. The van der Waals surface area contributed by atoms with Gasteiger partial charge in [0.2, 0.25) is 0 Å². The van der Waals surface area contributed by atoms with Crippen molar-refractivity contribution in [3.05, 3.63) is 71.7 Å². The van der Waals surface area contributed by atoms with E-state index in [4.69, 9.17) is 4.74 Å². The second kappa shape index (κ2) is 5.17. The standard InChI is InChI=1S/C16H14N2O2/c1-12-7-8-15-17-14(10-18(15)9-12)11-20-16(19)13-5-3-2-4-6-13/h2-10H,11H2,1H3. The van der Waals surface area contributed by atoms with Crippen molar-refractivity contribution in [1.82, 2.24) is 9.38 Å². The van der Waals surface area contributed by atoms with Gasteiger partial charge in [-0.25, -0.2) is 9.78 Å². The van der Waals surface area contributed by atoms with E-state index < -0.39 is 0 Å². The zero-order chi connectivity index (χ0) is 13.9. The zero-order valence-electron chi connectivity index (χ0n) is 11.1. The van der Waals surface area contributed by atoms with Gasteiger partial charge < -0.3 is 9.14 Å². The van der Waals surface area contributed by atoms with Gasteiger partial charge in [0.15, 0.2) is 0 Å². The predicted molar refractivity (Wildman–Crippen MR) is 75.5 cm³/mol. The van der Waals surface area contributed by atoms with Crippen molar-refractivity contribution in [2.24, 2.45) is 0 Å². The van der Waals surface area contributed by atoms with Crippen molar-refractivity contribution < 1.29 is 9.53 Å². The van der Waals surface area contributed by atoms with Crippen LogP contribution < -0.4 is 0 Å². The first-order chi connectivity index (χ1) is 9.72. The molecule has 0 saturated heterocycles. The molecule has 2 aromatic heterocycles. The second-order valence-corrected chi connectivity index (χ2v) is 4.65. The summed E-state index contributed by atoms with van der Waals surface area (Å²) in [6.07, 6.45) is 3.87. The summed E-state index contributed by atoms with van der Waals surface area (Å²) in [6.45, 7) is 2.20. The van der Waals surface area contributed by atoms with Gasteiger partial charge in [0.25, 0.3) is 0 Å². The Morgan fingerprint density at radius 3 is 2.75 bits per heavy atom. The molecule has 0 saturated carbocycles. The summed E-state index contributed by atoms with van der Waals surface area (Å²) in [4.78, 5) is 16.2. The van der Waals surface area contributed by atoms with Crippen LogP contribution in [0.5, 0.6) is 0 Å². The van der Waals surface area contributed by atoms with Crippen LogP contribution in [-0.2, 0) is 11.3 Å². The van der Waals surface area contributed by atoms with E-state index >= 15 is 0 Å². The number of benzene rings is 1. The number of rotatable bonds is 3. The summed E-state index contributed by atoms with van der Waals surface area (Å²) in [7, 11) is 0. The largest absolute Gasteiger partial charge is 0.456 e. The molecule has 0 atom stereocenters. The molecule has 4 nitrogen and oxygen atoms in total. The average molecular weight is 266 g/mol. The molecule has 0 unspecified atom stereocenters. The molecule has 100 valence electrons. The molecule has 0 aliphatic carbocycles. The third-order valence-electron chi connectivity index (χ3n) is 3.01. The lowest BCUT2D eigenvalue weighted by Crippen LogP contribution is -2.04. The minimum Gasteiger partial charge on any atom is -0.456 e. The SMILES string of the molecule is Cc1ccc2nc(COC(=O)c3ccccc3)cn2c1. The zero-order valence-corrected chi connectivity index (χ0v) is 11.1. The van der Waals surface area contributed by atoms with Crippen LogP contribution in [0.2, 0.25) is 0 Å². The highest BCUT2D eigenvalue weighted by atomic mass is 16.5. The Balaban J connectivity index is 1.72. The molecule has 3 aromatic rings. The smallest absolute Gasteiger partial charge is 0.338 e. The lowest BCUT2D eigenvalue weighted by molar-refractivity contribution is 0.0468. The maximum absolute atomic E-state index is 11.8. The van der Waals surface area contributed by atoms with E-state index in [0.29, 0.717) is 5.56 Å². The topological polar surface area (TPSA) is 43.6 Å². The van der Waals surface area contributed by atoms with Crippen LogP contribution >= 0.6 is 0 Å². The molecular weight excluding hydrogens is 252 g/mol. The molecule has 0 aliphatic heterocycles. The van der Waals surface area contributed by atoms with E-state index in [0.717, 1.165) is 16.9 Å². The van der Waals surface area contributed by atoms with Crippen LogP contribution in [0, 0.1) is 6.92 Å². The fourth-order valence-electron chi connectivity index (χ4n) is 2.02. The molecule has 0 bridgehead atoms. The molecular formula is C16H14N2O2. The molecule has 0 spiro atoms. The molecule has 0 radical (unpaired) electrons. The lowest BCUT2D eigenvalue weighted by atomic mass is 10.2. The van der Waals surface area contributed by atoms with Crippen LogP contribution in [0.1, 0.15) is 21.6 Å². The van der Waals surface area contributed by atoms with Crippen molar-refractivity contribution in [2.75, 3.05) is 0 Å². The number of pyridine rings is 1. The Labute approximate surface area is 116 Å². The molecule has 2 heterocycles. The summed E-state index contributed by atoms with van der Waals surface area (Å²) in [5.74, 6) is -0.334. The number of aromatic nitrogens is 2. The van der Waals surface area contributed by atoms with Gasteiger partial charge in [-0.05, 0) is 30.7 Å². The van der Waals surface area contributed by atoms with Gasteiger partial charge in [0, 0.05) is 12.4 Å². The molecule has 0 fully saturated rings. The Hall–Kier alpha value is -2.62. The molecule has 20 heavy (non-hydrogen) atoms. The van der Waals surface area contributed by atoms with E-state index in [2.05, 4.69) is 4.98 Å². The number of hydrogen-bond acceptors (Lipinski definition) is 3.